The molecule has 0 spiro atoms. The van der Waals surface area contributed by atoms with Gasteiger partial charge in [0, 0.05) is 17.9 Å². The van der Waals surface area contributed by atoms with Gasteiger partial charge in [0.2, 0.25) is 0 Å². The third kappa shape index (κ3) is 9.22. The number of aliphatic carboxylic acids is 1. The van der Waals surface area contributed by atoms with E-state index in [1.165, 1.54) is 11.6 Å². The van der Waals surface area contributed by atoms with Crippen molar-refractivity contribution in [2.75, 3.05) is 0 Å². The molecule has 1 aliphatic heterocycles. The molecule has 8 heteroatoms. The van der Waals surface area contributed by atoms with Crippen molar-refractivity contribution in [1.82, 2.24) is 0 Å². The van der Waals surface area contributed by atoms with Crippen LogP contribution in [0.1, 0.15) is 91.5 Å². The molecule has 0 unspecified atom stereocenters. The second-order valence-electron chi connectivity index (χ2n) is 14.4. The van der Waals surface area contributed by atoms with Crippen LogP contribution in [-0.2, 0) is 23.9 Å². The van der Waals surface area contributed by atoms with Crippen molar-refractivity contribution in [2.24, 2.45) is 29.1 Å². The van der Waals surface area contributed by atoms with Crippen molar-refractivity contribution < 1.29 is 38.5 Å². The van der Waals surface area contributed by atoms with E-state index in [2.05, 4.69) is 32.1 Å². The number of fused-ring (bicyclic) bond motifs is 1. The van der Waals surface area contributed by atoms with Gasteiger partial charge in [0.1, 0.15) is 18.0 Å². The number of rotatable bonds is 9. The Kier molecular flexibility index (Phi) is 12.4. The van der Waals surface area contributed by atoms with E-state index in [1.54, 1.807) is 19.1 Å². The van der Waals surface area contributed by atoms with Crippen LogP contribution in [0.5, 0.6) is 0 Å². The van der Waals surface area contributed by atoms with E-state index < -0.39 is 29.2 Å². The number of allylic oxidation sites excluding steroid dienone is 3. The summed E-state index contributed by atoms with van der Waals surface area (Å²) in [6, 6.07) is 13.7. The van der Waals surface area contributed by atoms with Gasteiger partial charge in [-0.1, -0.05) is 81.5 Å². The van der Waals surface area contributed by atoms with Gasteiger partial charge < -0.3 is 19.7 Å². The number of carboxylic acids is 1. The molecule has 0 bridgehead atoms. The highest BCUT2D eigenvalue weighted by Crippen LogP contribution is 2.45. The topological polar surface area (TPSA) is 110 Å². The standard InChI is InChI=1S/C25H38O5.C15H13FO2/c1-6-25(4,5)24(28)30-21-12-15(2)11-17-8-7-16(3)20(23(17)21)10-9-19-13-18(26)14-22(27)29-19;1-10(15(17)18)12-7-8-13(14(16)9-12)11-5-3-2-4-6-11/h7-8,11,15-16,18-21,23,26H,6,9-10,12-14H2,1-5H3;2-10H,1H3,(H,17,18)/t15-,16-,18+,19+,20-,21-,23-;10-/m01/s1. The molecule has 1 fully saturated rings. The highest BCUT2D eigenvalue weighted by Gasteiger charge is 2.43. The Morgan fingerprint density at radius 1 is 1.08 bits per heavy atom. The first-order valence-electron chi connectivity index (χ1n) is 17.3. The average Bonchev–Trinajstić information content (AvgIpc) is 3.04. The monoisotopic (exact) mass is 662 g/mol. The van der Waals surface area contributed by atoms with Crippen molar-refractivity contribution in [3.05, 3.63) is 83.7 Å². The molecule has 0 radical (unpaired) electrons. The number of hydrogen-bond donors (Lipinski definition) is 2. The van der Waals surface area contributed by atoms with Crippen LogP contribution in [0.25, 0.3) is 11.1 Å². The van der Waals surface area contributed by atoms with E-state index in [1.807, 2.05) is 51.1 Å². The Morgan fingerprint density at radius 3 is 2.42 bits per heavy atom. The molecule has 2 aromatic carbocycles. The fourth-order valence-corrected chi connectivity index (χ4v) is 6.87. The lowest BCUT2D eigenvalue weighted by atomic mass is 9.65. The molecule has 1 heterocycles. The summed E-state index contributed by atoms with van der Waals surface area (Å²) in [5.41, 5.74) is 2.52. The third-order valence-corrected chi connectivity index (χ3v) is 10.3. The maximum atomic E-state index is 14.0. The predicted molar refractivity (Wildman–Crippen MR) is 183 cm³/mol. The quantitative estimate of drug-likeness (QED) is 0.260. The van der Waals surface area contributed by atoms with Gasteiger partial charge >= 0.3 is 17.9 Å². The van der Waals surface area contributed by atoms with Gasteiger partial charge in [-0.3, -0.25) is 14.4 Å². The van der Waals surface area contributed by atoms with Crippen LogP contribution in [0, 0.1) is 34.9 Å². The minimum atomic E-state index is -0.957. The summed E-state index contributed by atoms with van der Waals surface area (Å²) in [6.07, 6.45) is 9.61. The minimum Gasteiger partial charge on any atom is -0.481 e. The van der Waals surface area contributed by atoms with Crippen molar-refractivity contribution >= 4 is 17.9 Å². The maximum Gasteiger partial charge on any atom is 0.311 e. The van der Waals surface area contributed by atoms with Crippen LogP contribution in [-0.4, -0.2) is 46.4 Å². The number of aliphatic hydroxyl groups excluding tert-OH is 1. The zero-order valence-corrected chi connectivity index (χ0v) is 29.0. The lowest BCUT2D eigenvalue weighted by Crippen LogP contribution is -2.43. The summed E-state index contributed by atoms with van der Waals surface area (Å²) >= 11 is 0. The molecule has 2 N–H and O–H groups in total. The van der Waals surface area contributed by atoms with Crippen LogP contribution >= 0.6 is 0 Å². The number of aliphatic hydroxyl groups is 1. The van der Waals surface area contributed by atoms with E-state index in [-0.39, 0.29) is 36.5 Å². The lowest BCUT2D eigenvalue weighted by Gasteiger charge is -2.44. The molecule has 8 atom stereocenters. The molecule has 1 saturated heterocycles. The highest BCUT2D eigenvalue weighted by molar-refractivity contribution is 5.77. The number of esters is 2. The summed E-state index contributed by atoms with van der Waals surface area (Å²) in [6.45, 7) is 11.8. The molecule has 48 heavy (non-hydrogen) atoms. The van der Waals surface area contributed by atoms with Crippen molar-refractivity contribution in [2.45, 2.75) is 104 Å². The van der Waals surface area contributed by atoms with Crippen LogP contribution in [0.3, 0.4) is 0 Å². The van der Waals surface area contributed by atoms with Crippen molar-refractivity contribution in [3.8, 4) is 11.1 Å². The smallest absolute Gasteiger partial charge is 0.311 e. The molecular formula is C40H51FO7. The fourth-order valence-electron chi connectivity index (χ4n) is 6.87. The van der Waals surface area contributed by atoms with Gasteiger partial charge in [0.05, 0.1) is 23.9 Å². The zero-order valence-electron chi connectivity index (χ0n) is 29.0. The number of carbonyl (C=O) groups excluding carboxylic acids is 2. The van der Waals surface area contributed by atoms with Gasteiger partial charge in [0.15, 0.2) is 0 Å². The molecule has 260 valence electrons. The van der Waals surface area contributed by atoms with Crippen LogP contribution in [0.15, 0.2) is 72.3 Å². The number of carboxylic acid groups (broad SMARTS) is 1. The number of cyclic esters (lactones) is 1. The fraction of sp³-hybridized carbons (Fsp3) is 0.525. The Labute approximate surface area is 284 Å². The summed E-state index contributed by atoms with van der Waals surface area (Å²) in [5, 5.41) is 18.8. The van der Waals surface area contributed by atoms with Gasteiger partial charge in [0.25, 0.3) is 0 Å². The Morgan fingerprint density at radius 2 is 1.79 bits per heavy atom. The van der Waals surface area contributed by atoms with Crippen LogP contribution < -0.4 is 0 Å². The van der Waals surface area contributed by atoms with E-state index in [0.717, 1.165) is 31.2 Å². The normalized spacial score (nSPS) is 27.4. The molecule has 0 aromatic heterocycles. The molecule has 0 amide bonds. The largest absolute Gasteiger partial charge is 0.481 e. The first-order chi connectivity index (χ1) is 22.7. The molecular weight excluding hydrogens is 611 g/mol. The van der Waals surface area contributed by atoms with Crippen LogP contribution in [0.2, 0.25) is 0 Å². The van der Waals surface area contributed by atoms with Crippen LogP contribution in [0.4, 0.5) is 4.39 Å². The van der Waals surface area contributed by atoms with Gasteiger partial charge in [-0.05, 0) is 87.0 Å². The Hall–Kier alpha value is -3.78. The molecule has 3 aliphatic rings. The van der Waals surface area contributed by atoms with E-state index in [4.69, 9.17) is 14.6 Å². The molecule has 7 nitrogen and oxygen atoms in total. The van der Waals surface area contributed by atoms with Gasteiger partial charge in [-0.25, -0.2) is 4.39 Å². The lowest BCUT2D eigenvalue weighted by molar-refractivity contribution is -0.166. The number of benzene rings is 2. The van der Waals surface area contributed by atoms with Crippen molar-refractivity contribution in [1.29, 1.82) is 0 Å². The maximum absolute atomic E-state index is 14.0. The van der Waals surface area contributed by atoms with Gasteiger partial charge in [-0.15, -0.1) is 0 Å². The third-order valence-electron chi connectivity index (χ3n) is 10.3. The summed E-state index contributed by atoms with van der Waals surface area (Å²) < 4.78 is 25.6. The number of hydrogen-bond acceptors (Lipinski definition) is 6. The number of carbonyl (C=O) groups is 3. The summed E-state index contributed by atoms with van der Waals surface area (Å²) in [5.74, 6) is -1.28. The van der Waals surface area contributed by atoms with Crippen molar-refractivity contribution in [3.63, 3.8) is 0 Å². The second kappa shape index (κ2) is 16.1. The number of halogens is 1. The first kappa shape index (κ1) is 37.0. The molecule has 2 aromatic rings. The second-order valence-corrected chi connectivity index (χ2v) is 14.4. The summed E-state index contributed by atoms with van der Waals surface area (Å²) in [7, 11) is 0. The minimum absolute atomic E-state index is 0.0949. The molecule has 0 saturated carbocycles. The molecule has 2 aliphatic carbocycles. The summed E-state index contributed by atoms with van der Waals surface area (Å²) in [4.78, 5) is 35.4. The zero-order chi connectivity index (χ0) is 35.2. The Balaban J connectivity index is 0.000000246. The first-order valence-corrected chi connectivity index (χ1v) is 17.3. The highest BCUT2D eigenvalue weighted by atomic mass is 19.1. The van der Waals surface area contributed by atoms with E-state index >= 15 is 0 Å². The SMILES string of the molecule is CCC(C)(C)C(=O)O[C@H]1C[C@@H](C)C=C2C=C[C@H](C)[C@H](CC[C@@H]3C[C@@H](O)CC(=O)O3)[C@H]21.C[C@@H](C(=O)O)c1ccc(-c2ccccc2)c(F)c1. The predicted octanol–water partition coefficient (Wildman–Crippen LogP) is 8.27. The van der Waals surface area contributed by atoms with E-state index in [0.29, 0.717) is 35.3 Å². The average molecular weight is 663 g/mol. The number of ether oxygens (including phenoxy) is 2. The molecule has 5 rings (SSSR count). The van der Waals surface area contributed by atoms with E-state index in [9.17, 15) is 23.9 Å². The Bertz CT molecular complexity index is 1500. The van der Waals surface area contributed by atoms with Gasteiger partial charge in [-0.2, -0.15) is 0 Å².